The molecular weight excluding hydrogens is 371 g/mol. The minimum atomic E-state index is -1.79. The van der Waals surface area contributed by atoms with Crippen LogP contribution in [0.25, 0.3) is 10.8 Å². The van der Waals surface area contributed by atoms with Crippen LogP contribution in [0, 0.1) is 23.3 Å². The molecule has 0 aliphatic heterocycles. The Hall–Kier alpha value is -2.71. The maximum Gasteiger partial charge on any atom is 0.198 e. The van der Waals surface area contributed by atoms with E-state index in [-0.39, 0.29) is 10.8 Å². The Morgan fingerprint density at radius 2 is 1.00 bits per heavy atom. The Morgan fingerprint density at radius 3 is 1.56 bits per heavy atom. The Morgan fingerprint density at radius 1 is 0.481 bits per heavy atom. The first-order valence-corrected chi connectivity index (χ1v) is 9.58. The molecular formula is C22H13F4P. The topological polar surface area (TPSA) is 0 Å². The molecule has 0 saturated heterocycles. The molecule has 0 aliphatic carbocycles. The van der Waals surface area contributed by atoms with E-state index in [9.17, 15) is 17.6 Å². The number of fused-ring (bicyclic) bond motifs is 1. The molecule has 0 radical (unpaired) electrons. The number of halogens is 4. The summed E-state index contributed by atoms with van der Waals surface area (Å²) in [6.45, 7) is 0. The van der Waals surface area contributed by atoms with Gasteiger partial charge in [0, 0.05) is 10.8 Å². The van der Waals surface area contributed by atoms with E-state index < -0.39 is 31.2 Å². The molecule has 4 rings (SSSR count). The molecule has 4 aromatic rings. The van der Waals surface area contributed by atoms with Gasteiger partial charge < -0.3 is 0 Å². The van der Waals surface area contributed by atoms with E-state index in [1.165, 1.54) is 6.07 Å². The SMILES string of the molecule is Fc1c(F)c(F)c2c(P(c3ccccc3)c3ccccc3)cccc2c1F. The van der Waals surface area contributed by atoms with Crippen molar-refractivity contribution < 1.29 is 17.6 Å². The van der Waals surface area contributed by atoms with Gasteiger partial charge in [-0.1, -0.05) is 78.9 Å². The van der Waals surface area contributed by atoms with Crippen LogP contribution in [-0.2, 0) is 0 Å². The van der Waals surface area contributed by atoms with Gasteiger partial charge in [0.25, 0.3) is 0 Å². The molecule has 0 amide bonds. The van der Waals surface area contributed by atoms with Crippen molar-refractivity contribution >= 4 is 34.6 Å². The first kappa shape index (κ1) is 17.7. The molecule has 0 bridgehead atoms. The van der Waals surface area contributed by atoms with Gasteiger partial charge in [-0.25, -0.2) is 17.6 Å². The molecule has 0 heterocycles. The van der Waals surface area contributed by atoms with E-state index in [0.717, 1.165) is 10.6 Å². The summed E-state index contributed by atoms with van der Waals surface area (Å²) in [5.74, 6) is -6.31. The quantitative estimate of drug-likeness (QED) is 0.198. The normalized spacial score (nSPS) is 11.3. The number of rotatable bonds is 3. The monoisotopic (exact) mass is 384 g/mol. The minimum Gasteiger partial charge on any atom is -0.203 e. The first-order chi connectivity index (χ1) is 13.1. The smallest absolute Gasteiger partial charge is 0.198 e. The summed E-state index contributed by atoms with van der Waals surface area (Å²) in [6, 6.07) is 23.2. The average molecular weight is 384 g/mol. The second-order valence-electron chi connectivity index (χ2n) is 5.96. The molecule has 0 aliphatic rings. The number of benzene rings is 4. The molecule has 0 fully saturated rings. The van der Waals surface area contributed by atoms with E-state index in [0.29, 0.717) is 5.30 Å². The molecule has 0 saturated carbocycles. The van der Waals surface area contributed by atoms with Crippen molar-refractivity contribution in [3.05, 3.63) is 102 Å². The second-order valence-corrected chi connectivity index (χ2v) is 8.15. The number of hydrogen-bond donors (Lipinski definition) is 0. The minimum absolute atomic E-state index is 0.215. The molecule has 0 aromatic heterocycles. The van der Waals surface area contributed by atoms with E-state index in [2.05, 4.69) is 0 Å². The van der Waals surface area contributed by atoms with Gasteiger partial charge in [-0.3, -0.25) is 0 Å². The Labute approximate surface area is 154 Å². The largest absolute Gasteiger partial charge is 0.203 e. The predicted octanol–water partition coefficient (Wildman–Crippen LogP) is 5.15. The second kappa shape index (κ2) is 7.13. The van der Waals surface area contributed by atoms with Crippen molar-refractivity contribution in [2.45, 2.75) is 0 Å². The van der Waals surface area contributed by atoms with Crippen molar-refractivity contribution in [1.82, 2.24) is 0 Å². The van der Waals surface area contributed by atoms with Gasteiger partial charge in [0.15, 0.2) is 23.3 Å². The van der Waals surface area contributed by atoms with Crippen LogP contribution in [0.3, 0.4) is 0 Å². The van der Waals surface area contributed by atoms with Crippen molar-refractivity contribution in [2.24, 2.45) is 0 Å². The van der Waals surface area contributed by atoms with Crippen LogP contribution in [0.2, 0.25) is 0 Å². The highest BCUT2D eigenvalue weighted by Gasteiger charge is 2.26. The molecule has 134 valence electrons. The van der Waals surface area contributed by atoms with Crippen LogP contribution < -0.4 is 15.9 Å². The van der Waals surface area contributed by atoms with Crippen LogP contribution in [0.4, 0.5) is 17.6 Å². The van der Waals surface area contributed by atoms with Gasteiger partial charge >= 0.3 is 0 Å². The third-order valence-electron chi connectivity index (χ3n) is 4.35. The van der Waals surface area contributed by atoms with Gasteiger partial charge in [-0.15, -0.1) is 0 Å². The Kier molecular flexibility index (Phi) is 4.67. The summed E-state index contributed by atoms with van der Waals surface area (Å²) in [5.41, 5.74) is 0. The molecule has 5 heteroatoms. The fourth-order valence-corrected chi connectivity index (χ4v) is 5.61. The first-order valence-electron chi connectivity index (χ1n) is 8.24. The summed E-state index contributed by atoms with van der Waals surface area (Å²) in [4.78, 5) is 0. The van der Waals surface area contributed by atoms with Crippen molar-refractivity contribution in [3.63, 3.8) is 0 Å². The fraction of sp³-hybridized carbons (Fsp3) is 0. The zero-order valence-corrected chi connectivity index (χ0v) is 14.9. The molecule has 0 spiro atoms. The zero-order chi connectivity index (χ0) is 19.0. The van der Waals surface area contributed by atoms with Crippen LogP contribution in [0.1, 0.15) is 0 Å². The van der Waals surface area contributed by atoms with Crippen molar-refractivity contribution in [3.8, 4) is 0 Å². The molecule has 0 atom stereocenters. The fourth-order valence-electron chi connectivity index (χ4n) is 3.14. The zero-order valence-electron chi connectivity index (χ0n) is 14.0. The van der Waals surface area contributed by atoms with Gasteiger partial charge in [0.2, 0.25) is 0 Å². The van der Waals surface area contributed by atoms with Gasteiger partial charge in [-0.05, 0) is 23.8 Å². The highest BCUT2D eigenvalue weighted by atomic mass is 31.1. The lowest BCUT2D eigenvalue weighted by molar-refractivity contribution is 0.418. The average Bonchev–Trinajstić information content (AvgIpc) is 2.72. The van der Waals surface area contributed by atoms with Crippen molar-refractivity contribution in [2.75, 3.05) is 0 Å². The standard InChI is InChI=1S/C22H13F4P/c23-19-16-12-7-13-17(18(16)20(24)22(26)21(19)25)27(14-8-3-1-4-9-14)15-10-5-2-6-11-15/h1-13H. The highest BCUT2D eigenvalue weighted by molar-refractivity contribution is 7.80. The lowest BCUT2D eigenvalue weighted by Gasteiger charge is -2.21. The molecule has 4 aromatic carbocycles. The summed E-state index contributed by atoms with van der Waals surface area (Å²) < 4.78 is 56.7. The van der Waals surface area contributed by atoms with E-state index in [1.807, 2.05) is 60.7 Å². The summed E-state index contributed by atoms with van der Waals surface area (Å²) >= 11 is 0. The predicted molar refractivity (Wildman–Crippen MR) is 102 cm³/mol. The molecule has 0 unspecified atom stereocenters. The van der Waals surface area contributed by atoms with Crippen LogP contribution in [0.15, 0.2) is 78.9 Å². The lowest BCUT2D eigenvalue weighted by atomic mass is 10.1. The maximum atomic E-state index is 14.7. The third kappa shape index (κ3) is 3.00. The number of hydrogen-bond acceptors (Lipinski definition) is 0. The Balaban J connectivity index is 2.09. The Bertz CT molecular complexity index is 1070. The van der Waals surface area contributed by atoms with Gasteiger partial charge in [0.05, 0.1) is 0 Å². The van der Waals surface area contributed by atoms with Crippen LogP contribution in [0.5, 0.6) is 0 Å². The molecule has 0 nitrogen and oxygen atoms in total. The van der Waals surface area contributed by atoms with Gasteiger partial charge in [-0.2, -0.15) is 0 Å². The third-order valence-corrected chi connectivity index (χ3v) is 6.83. The summed E-state index contributed by atoms with van der Waals surface area (Å²) in [7, 11) is -1.29. The van der Waals surface area contributed by atoms with Crippen molar-refractivity contribution in [1.29, 1.82) is 0 Å². The van der Waals surface area contributed by atoms with E-state index in [1.54, 1.807) is 12.1 Å². The lowest BCUT2D eigenvalue weighted by Crippen LogP contribution is -2.22. The van der Waals surface area contributed by atoms with E-state index in [4.69, 9.17) is 0 Å². The van der Waals surface area contributed by atoms with Crippen LogP contribution in [-0.4, -0.2) is 0 Å². The van der Waals surface area contributed by atoms with E-state index >= 15 is 0 Å². The highest BCUT2D eigenvalue weighted by Crippen LogP contribution is 2.37. The summed E-state index contributed by atoms with van der Waals surface area (Å²) in [5, 5.41) is 1.76. The van der Waals surface area contributed by atoms with Crippen LogP contribution >= 0.6 is 7.92 Å². The van der Waals surface area contributed by atoms with Gasteiger partial charge in [0.1, 0.15) is 0 Å². The molecule has 0 N–H and O–H groups in total. The maximum absolute atomic E-state index is 14.7. The molecule has 27 heavy (non-hydrogen) atoms. The summed E-state index contributed by atoms with van der Waals surface area (Å²) in [6.07, 6.45) is 0.